The molecular weight excluding hydrogens is 278 g/mol. The van der Waals surface area contributed by atoms with E-state index in [1.807, 2.05) is 24.3 Å². The predicted octanol–water partition coefficient (Wildman–Crippen LogP) is 2.40. The summed E-state index contributed by atoms with van der Waals surface area (Å²) in [4.78, 5) is 2.35. The number of morpholine rings is 1. The molecule has 1 aliphatic heterocycles. The zero-order valence-electron chi connectivity index (χ0n) is 12.0. The van der Waals surface area contributed by atoms with E-state index in [1.165, 1.54) is 0 Å². The number of alkyl halides is 1. The largest absolute Gasteiger partial charge is 0.493 e. The molecule has 2 rings (SSSR count). The highest BCUT2D eigenvalue weighted by molar-refractivity contribution is 6.18. The van der Waals surface area contributed by atoms with Crippen molar-refractivity contribution in [1.82, 2.24) is 4.90 Å². The molecule has 20 heavy (non-hydrogen) atoms. The molecule has 0 saturated carbocycles. The molecule has 0 aromatic heterocycles. The number of halogens is 1. The van der Waals surface area contributed by atoms with Crippen LogP contribution in [0, 0.1) is 0 Å². The van der Waals surface area contributed by atoms with E-state index in [4.69, 9.17) is 25.8 Å². The van der Waals surface area contributed by atoms with Crippen LogP contribution in [0.15, 0.2) is 24.3 Å². The van der Waals surface area contributed by atoms with Gasteiger partial charge in [-0.3, -0.25) is 4.90 Å². The Morgan fingerprint density at radius 3 is 2.80 bits per heavy atom. The first kappa shape index (κ1) is 15.4. The van der Waals surface area contributed by atoms with Crippen LogP contribution in [0.1, 0.15) is 6.92 Å². The number of rotatable bonds is 6. The maximum Gasteiger partial charge on any atom is 0.161 e. The molecule has 0 spiro atoms. The van der Waals surface area contributed by atoms with Crippen molar-refractivity contribution in [3.05, 3.63) is 24.3 Å². The minimum Gasteiger partial charge on any atom is -0.493 e. The quantitative estimate of drug-likeness (QED) is 0.755. The zero-order chi connectivity index (χ0) is 14.4. The Kier molecular flexibility index (Phi) is 5.95. The van der Waals surface area contributed by atoms with Gasteiger partial charge in [0.25, 0.3) is 0 Å². The summed E-state index contributed by atoms with van der Waals surface area (Å²) in [7, 11) is 1.65. The summed E-state index contributed by atoms with van der Waals surface area (Å²) in [6, 6.07) is 8.09. The van der Waals surface area contributed by atoms with Crippen molar-refractivity contribution in [3.8, 4) is 11.5 Å². The van der Waals surface area contributed by atoms with Gasteiger partial charge in [-0.25, -0.2) is 0 Å². The van der Waals surface area contributed by atoms with Gasteiger partial charge in [-0.15, -0.1) is 11.6 Å². The maximum atomic E-state index is 5.86. The number of nitrogens with zero attached hydrogens (tertiary/aromatic N) is 1. The van der Waals surface area contributed by atoms with Crippen molar-refractivity contribution in [2.45, 2.75) is 19.1 Å². The van der Waals surface area contributed by atoms with Gasteiger partial charge in [0.1, 0.15) is 6.61 Å². The first-order valence-electron chi connectivity index (χ1n) is 6.92. The lowest BCUT2D eigenvalue weighted by molar-refractivity contribution is -0.0507. The third-order valence-corrected chi connectivity index (χ3v) is 3.86. The first-order valence-corrected chi connectivity index (χ1v) is 7.45. The second-order valence-corrected chi connectivity index (χ2v) is 5.26. The van der Waals surface area contributed by atoms with Crippen LogP contribution in [0.2, 0.25) is 0 Å². The smallest absolute Gasteiger partial charge is 0.161 e. The summed E-state index contributed by atoms with van der Waals surface area (Å²) >= 11 is 5.86. The lowest BCUT2D eigenvalue weighted by atomic mass is 10.2. The van der Waals surface area contributed by atoms with E-state index >= 15 is 0 Å². The Morgan fingerprint density at radius 1 is 1.35 bits per heavy atom. The van der Waals surface area contributed by atoms with E-state index < -0.39 is 0 Å². The van der Waals surface area contributed by atoms with Gasteiger partial charge < -0.3 is 14.2 Å². The van der Waals surface area contributed by atoms with Crippen LogP contribution in [-0.2, 0) is 4.74 Å². The monoisotopic (exact) mass is 299 g/mol. The molecule has 1 heterocycles. The summed E-state index contributed by atoms with van der Waals surface area (Å²) < 4.78 is 16.7. The topological polar surface area (TPSA) is 30.9 Å². The molecule has 0 N–H and O–H groups in total. The molecule has 1 fully saturated rings. The van der Waals surface area contributed by atoms with Crippen LogP contribution in [-0.4, -0.2) is 56.3 Å². The van der Waals surface area contributed by atoms with Crippen LogP contribution in [0.5, 0.6) is 11.5 Å². The second-order valence-electron chi connectivity index (χ2n) is 4.95. The van der Waals surface area contributed by atoms with Crippen molar-refractivity contribution < 1.29 is 14.2 Å². The van der Waals surface area contributed by atoms with Crippen molar-refractivity contribution in [1.29, 1.82) is 0 Å². The predicted molar refractivity (Wildman–Crippen MR) is 80.0 cm³/mol. The fourth-order valence-corrected chi connectivity index (χ4v) is 2.48. The number of hydrogen-bond donors (Lipinski definition) is 0. The van der Waals surface area contributed by atoms with Crippen LogP contribution >= 0.6 is 11.6 Å². The van der Waals surface area contributed by atoms with E-state index in [1.54, 1.807) is 7.11 Å². The van der Waals surface area contributed by atoms with Gasteiger partial charge in [0.15, 0.2) is 11.5 Å². The van der Waals surface area contributed by atoms with E-state index in [-0.39, 0.29) is 6.10 Å². The standard InChI is InChI=1S/C15H22ClNO3/c1-12-11-20-13(9-16)10-17(12)7-8-19-15-6-4-3-5-14(15)18-2/h3-6,12-13H,7-11H2,1-2H3. The molecule has 5 heteroatoms. The normalized spacial score (nSPS) is 23.6. The van der Waals surface area contributed by atoms with Crippen LogP contribution in [0.3, 0.4) is 0 Å². The highest BCUT2D eigenvalue weighted by Crippen LogP contribution is 2.25. The number of benzene rings is 1. The number of para-hydroxylation sites is 2. The fourth-order valence-electron chi connectivity index (χ4n) is 2.29. The van der Waals surface area contributed by atoms with E-state index in [0.717, 1.165) is 31.2 Å². The molecule has 112 valence electrons. The molecule has 0 aliphatic carbocycles. The molecule has 0 bridgehead atoms. The molecule has 2 unspecified atom stereocenters. The lowest BCUT2D eigenvalue weighted by Crippen LogP contribution is -2.50. The van der Waals surface area contributed by atoms with Crippen molar-refractivity contribution in [2.24, 2.45) is 0 Å². The van der Waals surface area contributed by atoms with Gasteiger partial charge in [-0.1, -0.05) is 12.1 Å². The van der Waals surface area contributed by atoms with Gasteiger partial charge in [0.05, 0.1) is 19.8 Å². The van der Waals surface area contributed by atoms with Crippen molar-refractivity contribution >= 4 is 11.6 Å². The summed E-state index contributed by atoms with van der Waals surface area (Å²) in [6.45, 7) is 5.23. The Labute approximate surface area is 125 Å². The molecule has 0 amide bonds. The Morgan fingerprint density at radius 2 is 2.10 bits per heavy atom. The van der Waals surface area contributed by atoms with E-state index in [0.29, 0.717) is 18.5 Å². The highest BCUT2D eigenvalue weighted by atomic mass is 35.5. The maximum absolute atomic E-state index is 5.86. The minimum atomic E-state index is 0.124. The molecular formula is C15H22ClNO3. The molecule has 1 aliphatic rings. The molecule has 4 nitrogen and oxygen atoms in total. The summed E-state index contributed by atoms with van der Waals surface area (Å²) in [5, 5.41) is 0. The van der Waals surface area contributed by atoms with Crippen molar-refractivity contribution in [2.75, 3.05) is 39.3 Å². The number of hydrogen-bond acceptors (Lipinski definition) is 4. The van der Waals surface area contributed by atoms with Gasteiger partial charge in [0.2, 0.25) is 0 Å². The summed E-state index contributed by atoms with van der Waals surface area (Å²) in [6.07, 6.45) is 0.124. The SMILES string of the molecule is COc1ccccc1OCCN1CC(CCl)OCC1C. The minimum absolute atomic E-state index is 0.124. The van der Waals surface area contributed by atoms with Crippen LogP contribution in [0.4, 0.5) is 0 Å². The number of methoxy groups -OCH3 is 1. The van der Waals surface area contributed by atoms with Gasteiger partial charge in [0, 0.05) is 25.0 Å². The Balaban J connectivity index is 1.82. The molecule has 1 aromatic rings. The Bertz CT molecular complexity index is 416. The fraction of sp³-hybridized carbons (Fsp3) is 0.600. The van der Waals surface area contributed by atoms with Gasteiger partial charge in [-0.05, 0) is 19.1 Å². The summed E-state index contributed by atoms with van der Waals surface area (Å²) in [5.74, 6) is 2.09. The van der Waals surface area contributed by atoms with Crippen LogP contribution in [0.25, 0.3) is 0 Å². The van der Waals surface area contributed by atoms with Gasteiger partial charge >= 0.3 is 0 Å². The Hall–Kier alpha value is -0.970. The average Bonchev–Trinajstić information content (AvgIpc) is 2.49. The average molecular weight is 300 g/mol. The summed E-state index contributed by atoms with van der Waals surface area (Å²) in [5.41, 5.74) is 0. The molecule has 0 radical (unpaired) electrons. The number of ether oxygens (including phenoxy) is 3. The second kappa shape index (κ2) is 7.72. The van der Waals surface area contributed by atoms with Gasteiger partial charge in [-0.2, -0.15) is 0 Å². The third-order valence-electron chi connectivity index (χ3n) is 3.51. The molecule has 2 atom stereocenters. The zero-order valence-corrected chi connectivity index (χ0v) is 12.8. The molecule has 1 saturated heterocycles. The third kappa shape index (κ3) is 4.01. The van der Waals surface area contributed by atoms with E-state index in [2.05, 4.69) is 11.8 Å². The van der Waals surface area contributed by atoms with E-state index in [9.17, 15) is 0 Å². The molecule has 1 aromatic carbocycles. The lowest BCUT2D eigenvalue weighted by Gasteiger charge is -2.37. The van der Waals surface area contributed by atoms with Crippen molar-refractivity contribution in [3.63, 3.8) is 0 Å². The first-order chi connectivity index (χ1) is 9.74. The van der Waals surface area contributed by atoms with Crippen LogP contribution < -0.4 is 9.47 Å². The highest BCUT2D eigenvalue weighted by Gasteiger charge is 2.25.